The Morgan fingerprint density at radius 2 is 1.61 bits per heavy atom. The molecule has 0 bridgehead atoms. The first-order chi connectivity index (χ1) is 13.5. The van der Waals surface area contributed by atoms with Crippen molar-refractivity contribution in [2.24, 2.45) is 7.05 Å². The Labute approximate surface area is 164 Å². The average Bonchev–Trinajstić information content (AvgIpc) is 2.70. The molecule has 28 heavy (non-hydrogen) atoms. The van der Waals surface area contributed by atoms with Crippen molar-refractivity contribution in [3.63, 3.8) is 0 Å². The summed E-state index contributed by atoms with van der Waals surface area (Å²) in [6.07, 6.45) is 0.292. The van der Waals surface area contributed by atoms with Crippen LogP contribution in [0.3, 0.4) is 0 Å². The molecule has 144 valence electrons. The zero-order valence-corrected chi connectivity index (χ0v) is 16.1. The first-order valence-electron chi connectivity index (χ1n) is 9.21. The van der Waals surface area contributed by atoms with Crippen molar-refractivity contribution in [2.75, 3.05) is 0 Å². The fourth-order valence-electron chi connectivity index (χ4n) is 2.97. The molecule has 0 saturated carbocycles. The van der Waals surface area contributed by atoms with Crippen LogP contribution in [0.2, 0.25) is 0 Å². The molecule has 0 aliphatic heterocycles. The quantitative estimate of drug-likeness (QED) is 0.689. The summed E-state index contributed by atoms with van der Waals surface area (Å²) in [5.41, 5.74) is 3.20. The lowest BCUT2D eigenvalue weighted by Crippen LogP contribution is -2.28. The second-order valence-corrected chi connectivity index (χ2v) is 6.70. The smallest absolute Gasteiger partial charge is 0.224 e. The van der Waals surface area contributed by atoms with Gasteiger partial charge >= 0.3 is 0 Å². The van der Waals surface area contributed by atoms with Crippen LogP contribution in [-0.4, -0.2) is 10.5 Å². The van der Waals surface area contributed by atoms with E-state index in [1.54, 1.807) is 6.07 Å². The highest BCUT2D eigenvalue weighted by molar-refractivity contribution is 5.78. The number of hydrogen-bond acceptors (Lipinski definition) is 3. The summed E-state index contributed by atoms with van der Waals surface area (Å²) in [5.74, 6) is 0.172. The van der Waals surface area contributed by atoms with E-state index in [-0.39, 0.29) is 23.6 Å². The molecule has 0 aliphatic rings. The molecule has 5 nitrogen and oxygen atoms in total. The fourth-order valence-corrected chi connectivity index (χ4v) is 2.97. The first-order valence-corrected chi connectivity index (χ1v) is 9.21. The minimum absolute atomic E-state index is 0.103. The molecule has 0 aliphatic carbocycles. The Morgan fingerprint density at radius 3 is 2.25 bits per heavy atom. The zero-order valence-electron chi connectivity index (χ0n) is 16.1. The number of carbonyl (C=O) groups excluding carboxylic acids is 1. The van der Waals surface area contributed by atoms with Gasteiger partial charge in [0.1, 0.15) is 6.61 Å². The Bertz CT molecular complexity index is 996. The molecule has 0 spiro atoms. The van der Waals surface area contributed by atoms with Gasteiger partial charge in [-0.2, -0.15) is 0 Å². The Kier molecular flexibility index (Phi) is 6.27. The largest absolute Gasteiger partial charge is 0.483 e. The summed E-state index contributed by atoms with van der Waals surface area (Å²) in [7, 11) is 1.86. The first kappa shape index (κ1) is 19.4. The molecule has 0 fully saturated rings. The van der Waals surface area contributed by atoms with E-state index < -0.39 is 0 Å². The van der Waals surface area contributed by atoms with Gasteiger partial charge in [0, 0.05) is 18.8 Å². The third-order valence-corrected chi connectivity index (χ3v) is 4.65. The molecule has 3 rings (SSSR count). The maximum Gasteiger partial charge on any atom is 0.224 e. The number of rotatable bonds is 7. The third-order valence-electron chi connectivity index (χ3n) is 4.65. The predicted molar refractivity (Wildman–Crippen MR) is 109 cm³/mol. The lowest BCUT2D eigenvalue weighted by atomic mass is 10.1. The van der Waals surface area contributed by atoms with Crippen LogP contribution in [0.1, 0.15) is 22.5 Å². The minimum Gasteiger partial charge on any atom is -0.483 e. The van der Waals surface area contributed by atoms with Crippen molar-refractivity contribution < 1.29 is 9.53 Å². The van der Waals surface area contributed by atoms with Crippen molar-refractivity contribution in [3.8, 4) is 5.75 Å². The molecular weight excluding hydrogens is 352 g/mol. The van der Waals surface area contributed by atoms with Crippen LogP contribution in [-0.2, 0) is 31.4 Å². The van der Waals surface area contributed by atoms with Gasteiger partial charge < -0.3 is 14.6 Å². The molecule has 0 atom stereocenters. The van der Waals surface area contributed by atoms with Gasteiger partial charge in [-0.3, -0.25) is 9.59 Å². The normalized spacial score (nSPS) is 10.5. The van der Waals surface area contributed by atoms with Gasteiger partial charge in [0.15, 0.2) is 5.75 Å². The number of ether oxygens (including phenoxy) is 1. The summed E-state index contributed by atoms with van der Waals surface area (Å²) in [6.45, 7) is 2.38. The highest BCUT2D eigenvalue weighted by atomic mass is 16.5. The Morgan fingerprint density at radius 1 is 1.00 bits per heavy atom. The van der Waals surface area contributed by atoms with Gasteiger partial charge in [-0.25, -0.2) is 0 Å². The highest BCUT2D eigenvalue weighted by Crippen LogP contribution is 2.16. The van der Waals surface area contributed by atoms with Gasteiger partial charge in [0.2, 0.25) is 11.3 Å². The van der Waals surface area contributed by atoms with Crippen LogP contribution in [0, 0.1) is 6.92 Å². The molecule has 1 N–H and O–H groups in total. The van der Waals surface area contributed by atoms with Crippen molar-refractivity contribution in [2.45, 2.75) is 26.5 Å². The maximum atomic E-state index is 12.5. The number of hydrogen-bond donors (Lipinski definition) is 1. The molecule has 3 aromatic rings. The molecule has 1 aromatic heterocycles. The lowest BCUT2D eigenvalue weighted by Gasteiger charge is -2.17. The summed E-state index contributed by atoms with van der Waals surface area (Å²) >= 11 is 0. The number of benzene rings is 2. The van der Waals surface area contributed by atoms with Gasteiger partial charge in [-0.1, -0.05) is 60.7 Å². The molecule has 1 amide bonds. The molecule has 0 unspecified atom stereocenters. The van der Waals surface area contributed by atoms with Crippen LogP contribution >= 0.6 is 0 Å². The van der Waals surface area contributed by atoms with Crippen LogP contribution < -0.4 is 15.5 Å². The van der Waals surface area contributed by atoms with Crippen molar-refractivity contribution in [3.05, 3.63) is 99.5 Å². The van der Waals surface area contributed by atoms with Gasteiger partial charge in [0.25, 0.3) is 0 Å². The molecule has 2 aromatic carbocycles. The van der Waals surface area contributed by atoms with E-state index in [0.29, 0.717) is 18.7 Å². The van der Waals surface area contributed by atoms with Crippen LogP contribution in [0.4, 0.5) is 0 Å². The third kappa shape index (κ3) is 4.88. The zero-order chi connectivity index (χ0) is 19.9. The number of carbonyl (C=O) groups is 1. The maximum absolute atomic E-state index is 12.5. The number of amides is 1. The Balaban J connectivity index is 1.75. The topological polar surface area (TPSA) is 60.3 Å². The molecule has 0 radical (unpaired) electrons. The van der Waals surface area contributed by atoms with E-state index in [1.807, 2.05) is 79.2 Å². The van der Waals surface area contributed by atoms with E-state index in [1.165, 1.54) is 0 Å². The predicted octanol–water partition coefficient (Wildman–Crippen LogP) is 3.13. The molecule has 0 saturated heterocycles. The van der Waals surface area contributed by atoms with Crippen LogP contribution in [0.25, 0.3) is 0 Å². The number of aromatic nitrogens is 1. The van der Waals surface area contributed by atoms with Gasteiger partial charge in [-0.15, -0.1) is 0 Å². The van der Waals surface area contributed by atoms with E-state index in [9.17, 15) is 9.59 Å². The number of nitrogens with one attached hydrogen (secondary N) is 1. The molecule has 1 heterocycles. The van der Waals surface area contributed by atoms with E-state index in [0.717, 1.165) is 16.8 Å². The van der Waals surface area contributed by atoms with Crippen molar-refractivity contribution >= 4 is 5.91 Å². The summed E-state index contributed by atoms with van der Waals surface area (Å²) < 4.78 is 7.74. The molecule has 5 heteroatoms. The summed E-state index contributed by atoms with van der Waals surface area (Å²) in [4.78, 5) is 24.8. The van der Waals surface area contributed by atoms with Crippen molar-refractivity contribution in [1.29, 1.82) is 0 Å². The fraction of sp³-hybridized carbons (Fsp3) is 0.217. The highest BCUT2D eigenvalue weighted by Gasteiger charge is 2.15. The SMILES string of the molecule is Cc1cc(=O)c(OCc2ccccc2)c(CNC(=O)Cc2ccccc2)n1C. The average molecular weight is 376 g/mol. The standard InChI is InChI=1S/C23H24N2O3/c1-17-13-21(26)23(28-16-19-11-7-4-8-12-19)20(25(17)2)15-24-22(27)14-18-9-5-3-6-10-18/h3-13H,14-16H2,1-2H3,(H,24,27). The molecular formula is C23H24N2O3. The van der Waals surface area contributed by atoms with Gasteiger partial charge in [0.05, 0.1) is 18.7 Å². The minimum atomic E-state index is -0.182. The van der Waals surface area contributed by atoms with E-state index in [4.69, 9.17) is 4.74 Å². The van der Waals surface area contributed by atoms with Crippen molar-refractivity contribution in [1.82, 2.24) is 9.88 Å². The van der Waals surface area contributed by atoms with Gasteiger partial charge in [-0.05, 0) is 18.1 Å². The number of nitrogens with zero attached hydrogens (tertiary/aromatic N) is 1. The lowest BCUT2D eigenvalue weighted by molar-refractivity contribution is -0.120. The van der Waals surface area contributed by atoms with E-state index in [2.05, 4.69) is 5.32 Å². The monoisotopic (exact) mass is 376 g/mol. The number of pyridine rings is 1. The number of aryl methyl sites for hydroxylation is 1. The van der Waals surface area contributed by atoms with Crippen LogP contribution in [0.15, 0.2) is 71.5 Å². The summed E-state index contributed by atoms with van der Waals surface area (Å²) in [6, 6.07) is 20.8. The van der Waals surface area contributed by atoms with E-state index >= 15 is 0 Å². The van der Waals surface area contributed by atoms with Crippen LogP contribution in [0.5, 0.6) is 5.75 Å². The Hall–Kier alpha value is -3.34. The summed E-state index contributed by atoms with van der Waals surface area (Å²) in [5, 5.41) is 2.90. The second-order valence-electron chi connectivity index (χ2n) is 6.70. The second kappa shape index (κ2) is 9.04.